The third kappa shape index (κ3) is 4.07. The van der Waals surface area contributed by atoms with Crippen LogP contribution in [0.3, 0.4) is 0 Å². The van der Waals surface area contributed by atoms with Crippen molar-refractivity contribution in [3.63, 3.8) is 0 Å². The lowest BCUT2D eigenvalue weighted by molar-refractivity contribution is -0.137. The fraction of sp³-hybridized carbons (Fsp3) is 0.526. The minimum absolute atomic E-state index is 0.153. The van der Waals surface area contributed by atoms with Crippen LogP contribution < -0.4 is 0 Å². The van der Waals surface area contributed by atoms with Crippen molar-refractivity contribution in [1.82, 2.24) is 24.3 Å². The molecule has 0 N–H and O–H groups in total. The van der Waals surface area contributed by atoms with Crippen LogP contribution in [0, 0.1) is 0 Å². The van der Waals surface area contributed by atoms with Gasteiger partial charge in [0.05, 0.1) is 6.54 Å². The van der Waals surface area contributed by atoms with Crippen LogP contribution in [-0.2, 0) is 18.4 Å². The van der Waals surface area contributed by atoms with Crippen LogP contribution in [0.25, 0.3) is 0 Å². The van der Waals surface area contributed by atoms with Gasteiger partial charge in [0.25, 0.3) is 0 Å². The molecule has 1 aliphatic rings. The first-order valence-electron chi connectivity index (χ1n) is 9.09. The van der Waals surface area contributed by atoms with Gasteiger partial charge in [0, 0.05) is 38.4 Å². The molecule has 0 saturated carbocycles. The van der Waals surface area contributed by atoms with E-state index in [9.17, 15) is 4.79 Å². The van der Waals surface area contributed by atoms with Crippen molar-refractivity contribution in [2.45, 2.75) is 38.8 Å². The second kappa shape index (κ2) is 8.25. The zero-order valence-corrected chi connectivity index (χ0v) is 15.1. The van der Waals surface area contributed by atoms with Gasteiger partial charge in [-0.05, 0) is 44.0 Å². The lowest BCUT2D eigenvalue weighted by atomic mass is 10.1. The van der Waals surface area contributed by atoms with Crippen LogP contribution in [-0.4, -0.2) is 49.9 Å². The molecular weight excluding hydrogens is 314 g/mol. The van der Waals surface area contributed by atoms with Gasteiger partial charge in [0.2, 0.25) is 5.91 Å². The van der Waals surface area contributed by atoms with Crippen molar-refractivity contribution in [3.05, 3.63) is 48.3 Å². The molecule has 134 valence electrons. The number of carbonyl (C=O) groups is 1. The van der Waals surface area contributed by atoms with Crippen molar-refractivity contribution >= 4 is 5.91 Å². The molecule has 1 atom stereocenters. The van der Waals surface area contributed by atoms with E-state index in [1.54, 1.807) is 12.4 Å². The predicted octanol–water partition coefficient (Wildman–Crippen LogP) is 2.39. The van der Waals surface area contributed by atoms with E-state index in [1.165, 1.54) is 0 Å². The molecule has 1 aliphatic heterocycles. The number of likely N-dealkylation sites (tertiary alicyclic amines) is 1. The number of rotatable bonds is 7. The molecule has 1 fully saturated rings. The van der Waals surface area contributed by atoms with Gasteiger partial charge in [-0.2, -0.15) is 0 Å². The second-order valence-corrected chi connectivity index (χ2v) is 6.65. The Labute approximate surface area is 149 Å². The standard InChI is InChI=1S/C19H27N5O/c1-3-10-24(15-17-21-9-13-22(17)2)19(25)18(23-11-4-5-12-23)16-7-6-8-20-14-16/h6-9,13-14,18H,3-5,10-12,15H2,1-2H3/t18-/m1/s1. The number of hydrogen-bond donors (Lipinski definition) is 0. The van der Waals surface area contributed by atoms with E-state index in [4.69, 9.17) is 0 Å². The molecule has 3 heterocycles. The summed E-state index contributed by atoms with van der Waals surface area (Å²) < 4.78 is 1.98. The molecule has 0 unspecified atom stereocenters. The monoisotopic (exact) mass is 341 g/mol. The van der Waals surface area contributed by atoms with E-state index >= 15 is 0 Å². The minimum Gasteiger partial charge on any atom is -0.337 e. The molecule has 2 aromatic heterocycles. The van der Waals surface area contributed by atoms with Gasteiger partial charge in [-0.1, -0.05) is 13.0 Å². The average Bonchev–Trinajstić information content (AvgIpc) is 3.28. The summed E-state index contributed by atoms with van der Waals surface area (Å²) in [6, 6.07) is 3.68. The highest BCUT2D eigenvalue weighted by Crippen LogP contribution is 2.27. The summed E-state index contributed by atoms with van der Waals surface area (Å²) >= 11 is 0. The molecule has 6 heteroatoms. The van der Waals surface area contributed by atoms with Gasteiger partial charge in [-0.15, -0.1) is 0 Å². The van der Waals surface area contributed by atoms with Gasteiger partial charge in [-0.3, -0.25) is 14.7 Å². The van der Waals surface area contributed by atoms with Crippen molar-refractivity contribution in [3.8, 4) is 0 Å². The fourth-order valence-electron chi connectivity index (χ4n) is 3.48. The van der Waals surface area contributed by atoms with Crippen LogP contribution in [0.1, 0.15) is 43.6 Å². The van der Waals surface area contributed by atoms with Gasteiger partial charge < -0.3 is 9.47 Å². The topological polar surface area (TPSA) is 54.3 Å². The smallest absolute Gasteiger partial charge is 0.244 e. The first-order chi connectivity index (χ1) is 12.2. The molecule has 0 aromatic carbocycles. The van der Waals surface area contributed by atoms with E-state index < -0.39 is 0 Å². The van der Waals surface area contributed by atoms with Crippen molar-refractivity contribution in [1.29, 1.82) is 0 Å². The van der Waals surface area contributed by atoms with Crippen molar-refractivity contribution in [2.75, 3.05) is 19.6 Å². The first-order valence-corrected chi connectivity index (χ1v) is 9.09. The number of aromatic nitrogens is 3. The zero-order chi connectivity index (χ0) is 17.6. The van der Waals surface area contributed by atoms with Gasteiger partial charge in [0.15, 0.2) is 0 Å². The molecule has 3 rings (SSSR count). The number of carbonyl (C=O) groups excluding carboxylic acids is 1. The van der Waals surface area contributed by atoms with Crippen LogP contribution >= 0.6 is 0 Å². The second-order valence-electron chi connectivity index (χ2n) is 6.65. The highest BCUT2D eigenvalue weighted by atomic mass is 16.2. The Morgan fingerprint density at radius 2 is 2.12 bits per heavy atom. The summed E-state index contributed by atoms with van der Waals surface area (Å²) in [6.07, 6.45) is 10.5. The first kappa shape index (κ1) is 17.6. The minimum atomic E-state index is -0.247. The summed E-state index contributed by atoms with van der Waals surface area (Å²) in [5.74, 6) is 1.06. The third-order valence-corrected chi connectivity index (χ3v) is 4.80. The Balaban J connectivity index is 1.86. The Morgan fingerprint density at radius 3 is 2.72 bits per heavy atom. The van der Waals surface area contributed by atoms with Crippen LogP contribution in [0.4, 0.5) is 0 Å². The van der Waals surface area contributed by atoms with Crippen LogP contribution in [0.2, 0.25) is 0 Å². The van der Waals surface area contributed by atoms with E-state index in [-0.39, 0.29) is 11.9 Å². The van der Waals surface area contributed by atoms with Crippen LogP contribution in [0.15, 0.2) is 36.9 Å². The van der Waals surface area contributed by atoms with Gasteiger partial charge in [0.1, 0.15) is 11.9 Å². The molecule has 0 bridgehead atoms. The average molecular weight is 341 g/mol. The van der Waals surface area contributed by atoms with Gasteiger partial charge >= 0.3 is 0 Å². The lowest BCUT2D eigenvalue weighted by Gasteiger charge is -2.32. The summed E-state index contributed by atoms with van der Waals surface area (Å²) in [7, 11) is 1.97. The number of hydrogen-bond acceptors (Lipinski definition) is 4. The van der Waals surface area contributed by atoms with E-state index in [0.29, 0.717) is 6.54 Å². The van der Waals surface area contributed by atoms with Crippen molar-refractivity contribution < 1.29 is 4.79 Å². The fourth-order valence-corrected chi connectivity index (χ4v) is 3.48. The Kier molecular flexibility index (Phi) is 5.81. The largest absolute Gasteiger partial charge is 0.337 e. The molecule has 6 nitrogen and oxygen atoms in total. The molecule has 0 aliphatic carbocycles. The SMILES string of the molecule is CCCN(Cc1nccn1C)C(=O)[C@@H](c1cccnc1)N1CCCC1. The van der Waals surface area contributed by atoms with Gasteiger partial charge in [-0.25, -0.2) is 4.98 Å². The maximum atomic E-state index is 13.5. The zero-order valence-electron chi connectivity index (χ0n) is 15.1. The summed E-state index contributed by atoms with van der Waals surface area (Å²) in [6.45, 7) is 5.31. The highest BCUT2D eigenvalue weighted by Gasteiger charge is 2.33. The Bertz CT molecular complexity index is 678. The normalized spacial score (nSPS) is 16.1. The number of aryl methyl sites for hydroxylation is 1. The summed E-state index contributed by atoms with van der Waals surface area (Å²) in [5.41, 5.74) is 0.982. The predicted molar refractivity (Wildman–Crippen MR) is 96.7 cm³/mol. The molecule has 1 amide bonds. The van der Waals surface area contributed by atoms with E-state index in [2.05, 4.69) is 21.8 Å². The lowest BCUT2D eigenvalue weighted by Crippen LogP contribution is -2.42. The van der Waals surface area contributed by atoms with Crippen LogP contribution in [0.5, 0.6) is 0 Å². The Morgan fingerprint density at radius 1 is 1.32 bits per heavy atom. The number of imidazole rings is 1. The quantitative estimate of drug-likeness (QED) is 0.776. The number of pyridine rings is 1. The highest BCUT2D eigenvalue weighted by molar-refractivity contribution is 5.83. The molecule has 1 saturated heterocycles. The number of nitrogens with zero attached hydrogens (tertiary/aromatic N) is 5. The molecule has 2 aromatic rings. The van der Waals surface area contributed by atoms with E-state index in [1.807, 2.05) is 41.0 Å². The number of amides is 1. The molecule has 25 heavy (non-hydrogen) atoms. The third-order valence-electron chi connectivity index (χ3n) is 4.80. The Hall–Kier alpha value is -2.21. The maximum absolute atomic E-state index is 13.5. The summed E-state index contributed by atoms with van der Waals surface area (Å²) in [5, 5.41) is 0. The summed E-state index contributed by atoms with van der Waals surface area (Å²) in [4.78, 5) is 26.3. The molecule has 0 spiro atoms. The molecule has 0 radical (unpaired) electrons. The van der Waals surface area contributed by atoms with Crippen molar-refractivity contribution in [2.24, 2.45) is 7.05 Å². The van der Waals surface area contributed by atoms with E-state index in [0.717, 1.165) is 50.3 Å². The molecular formula is C19H27N5O. The maximum Gasteiger partial charge on any atom is 0.244 e.